The predicted molar refractivity (Wildman–Crippen MR) is 85.3 cm³/mol. The number of hydrogen-bond acceptors (Lipinski definition) is 4. The first-order valence-electron chi connectivity index (χ1n) is 7.97. The van der Waals surface area contributed by atoms with E-state index in [2.05, 4.69) is 0 Å². The van der Waals surface area contributed by atoms with E-state index in [9.17, 15) is 9.59 Å². The first kappa shape index (κ1) is 18.4. The molecule has 1 aromatic rings. The summed E-state index contributed by atoms with van der Waals surface area (Å²) in [7, 11) is 0. The highest BCUT2D eigenvalue weighted by molar-refractivity contribution is 5.72. The molecule has 0 saturated heterocycles. The fourth-order valence-electron chi connectivity index (χ4n) is 2.20. The maximum absolute atomic E-state index is 12.0. The summed E-state index contributed by atoms with van der Waals surface area (Å²) in [5, 5.41) is 0. The molecule has 4 heteroatoms. The van der Waals surface area contributed by atoms with Gasteiger partial charge in [0.05, 0.1) is 19.1 Å². The van der Waals surface area contributed by atoms with Gasteiger partial charge in [-0.05, 0) is 24.8 Å². The standard InChI is InChI=1S/C18H26O4/c1-3-16(4-2)18(20)22-17(11-8-12-19)14-21-13-15-9-6-5-7-10-15/h5-7,9-10,12,16-17H,3-4,8,11,13-14H2,1-2H3. The molecule has 0 fully saturated rings. The monoisotopic (exact) mass is 306 g/mol. The van der Waals surface area contributed by atoms with Gasteiger partial charge in [0.2, 0.25) is 0 Å². The SMILES string of the molecule is CCC(CC)C(=O)OC(CCC=O)COCc1ccccc1. The van der Waals surface area contributed by atoms with Crippen LogP contribution in [0, 0.1) is 5.92 Å². The van der Waals surface area contributed by atoms with E-state index in [-0.39, 0.29) is 18.0 Å². The normalized spacial score (nSPS) is 12.1. The van der Waals surface area contributed by atoms with Gasteiger partial charge in [-0.1, -0.05) is 44.2 Å². The van der Waals surface area contributed by atoms with Crippen LogP contribution in [0.4, 0.5) is 0 Å². The predicted octanol–water partition coefficient (Wildman–Crippen LogP) is 3.53. The summed E-state index contributed by atoms with van der Waals surface area (Å²) in [5.74, 6) is -0.267. The zero-order valence-electron chi connectivity index (χ0n) is 13.5. The van der Waals surface area contributed by atoms with Crippen molar-refractivity contribution in [1.82, 2.24) is 0 Å². The summed E-state index contributed by atoms with van der Waals surface area (Å²) in [6.07, 6.45) is 2.89. The molecule has 0 aliphatic carbocycles. The number of carbonyl (C=O) groups excluding carboxylic acids is 2. The molecule has 122 valence electrons. The minimum atomic E-state index is -0.359. The molecule has 0 heterocycles. The number of aldehydes is 1. The van der Waals surface area contributed by atoms with Crippen LogP contribution in [0.5, 0.6) is 0 Å². The highest BCUT2D eigenvalue weighted by Gasteiger charge is 2.20. The second-order valence-electron chi connectivity index (χ2n) is 5.32. The molecule has 0 aliphatic heterocycles. The van der Waals surface area contributed by atoms with Crippen molar-refractivity contribution in [2.24, 2.45) is 5.92 Å². The van der Waals surface area contributed by atoms with Gasteiger partial charge in [0, 0.05) is 6.42 Å². The van der Waals surface area contributed by atoms with Gasteiger partial charge >= 0.3 is 5.97 Å². The van der Waals surface area contributed by atoms with E-state index < -0.39 is 0 Å². The number of hydrogen-bond donors (Lipinski definition) is 0. The van der Waals surface area contributed by atoms with Crippen molar-refractivity contribution < 1.29 is 19.1 Å². The molecule has 0 aliphatic rings. The van der Waals surface area contributed by atoms with E-state index in [1.54, 1.807) is 0 Å². The van der Waals surface area contributed by atoms with Gasteiger partial charge in [0.25, 0.3) is 0 Å². The summed E-state index contributed by atoms with van der Waals surface area (Å²) >= 11 is 0. The highest BCUT2D eigenvalue weighted by Crippen LogP contribution is 2.14. The van der Waals surface area contributed by atoms with Crippen molar-refractivity contribution in [2.75, 3.05) is 6.61 Å². The van der Waals surface area contributed by atoms with E-state index in [1.165, 1.54) is 0 Å². The lowest BCUT2D eigenvalue weighted by atomic mass is 10.0. The summed E-state index contributed by atoms with van der Waals surface area (Å²) in [4.78, 5) is 22.6. The molecule has 1 atom stereocenters. The minimum absolute atomic E-state index is 0.0761. The van der Waals surface area contributed by atoms with Crippen LogP contribution >= 0.6 is 0 Å². The Hall–Kier alpha value is -1.68. The zero-order valence-corrected chi connectivity index (χ0v) is 13.5. The van der Waals surface area contributed by atoms with Gasteiger partial charge in [-0.25, -0.2) is 0 Å². The summed E-state index contributed by atoms with van der Waals surface area (Å²) in [6.45, 7) is 4.74. The molecule has 1 aromatic carbocycles. The fourth-order valence-corrected chi connectivity index (χ4v) is 2.20. The van der Waals surface area contributed by atoms with Crippen molar-refractivity contribution in [3.63, 3.8) is 0 Å². The van der Waals surface area contributed by atoms with Crippen LogP contribution in [0.2, 0.25) is 0 Å². The smallest absolute Gasteiger partial charge is 0.309 e. The quantitative estimate of drug-likeness (QED) is 0.463. The van der Waals surface area contributed by atoms with Crippen LogP contribution in [0.3, 0.4) is 0 Å². The average molecular weight is 306 g/mol. The third-order valence-corrected chi connectivity index (χ3v) is 3.62. The lowest BCUT2D eigenvalue weighted by molar-refractivity contribution is -0.158. The maximum Gasteiger partial charge on any atom is 0.309 e. The van der Waals surface area contributed by atoms with Gasteiger partial charge in [-0.2, -0.15) is 0 Å². The maximum atomic E-state index is 12.0. The Morgan fingerprint density at radius 2 is 1.86 bits per heavy atom. The summed E-state index contributed by atoms with van der Waals surface area (Å²) in [6, 6.07) is 9.83. The van der Waals surface area contributed by atoms with Crippen molar-refractivity contribution in [1.29, 1.82) is 0 Å². The van der Waals surface area contributed by atoms with Gasteiger partial charge < -0.3 is 14.3 Å². The molecule has 22 heavy (non-hydrogen) atoms. The van der Waals surface area contributed by atoms with E-state index in [0.717, 1.165) is 24.7 Å². The molecule has 0 amide bonds. The molecule has 0 aromatic heterocycles. The number of ether oxygens (including phenoxy) is 2. The Bertz CT molecular complexity index is 426. The van der Waals surface area contributed by atoms with Gasteiger partial charge in [0.1, 0.15) is 12.4 Å². The van der Waals surface area contributed by atoms with Crippen LogP contribution in [-0.2, 0) is 25.7 Å². The molecular formula is C18H26O4. The number of benzene rings is 1. The third-order valence-electron chi connectivity index (χ3n) is 3.62. The molecule has 0 saturated carbocycles. The van der Waals surface area contributed by atoms with Crippen LogP contribution in [0.15, 0.2) is 30.3 Å². The minimum Gasteiger partial charge on any atom is -0.460 e. The Morgan fingerprint density at radius 3 is 2.45 bits per heavy atom. The Balaban J connectivity index is 2.45. The Kier molecular flexibility index (Phi) is 9.15. The molecule has 0 bridgehead atoms. The van der Waals surface area contributed by atoms with E-state index in [4.69, 9.17) is 9.47 Å². The molecule has 0 N–H and O–H groups in total. The zero-order chi connectivity index (χ0) is 16.2. The molecular weight excluding hydrogens is 280 g/mol. The van der Waals surface area contributed by atoms with Gasteiger partial charge in [0.15, 0.2) is 0 Å². The van der Waals surface area contributed by atoms with Crippen LogP contribution in [0.1, 0.15) is 45.1 Å². The van der Waals surface area contributed by atoms with E-state index >= 15 is 0 Å². The second-order valence-corrected chi connectivity index (χ2v) is 5.32. The van der Waals surface area contributed by atoms with Crippen LogP contribution in [-0.4, -0.2) is 25.0 Å². The second kappa shape index (κ2) is 11.0. The fraction of sp³-hybridized carbons (Fsp3) is 0.556. The molecule has 4 nitrogen and oxygen atoms in total. The summed E-state index contributed by atoms with van der Waals surface area (Å²) < 4.78 is 11.1. The average Bonchev–Trinajstić information content (AvgIpc) is 2.54. The van der Waals surface area contributed by atoms with Gasteiger partial charge in [-0.15, -0.1) is 0 Å². The van der Waals surface area contributed by atoms with Crippen molar-refractivity contribution >= 4 is 12.3 Å². The number of rotatable bonds is 11. The molecule has 0 radical (unpaired) electrons. The van der Waals surface area contributed by atoms with Crippen molar-refractivity contribution in [3.8, 4) is 0 Å². The first-order chi connectivity index (χ1) is 10.7. The Labute approximate surface area is 132 Å². The first-order valence-corrected chi connectivity index (χ1v) is 7.97. The largest absolute Gasteiger partial charge is 0.460 e. The number of carbonyl (C=O) groups is 2. The molecule has 1 rings (SSSR count). The van der Waals surface area contributed by atoms with Crippen LogP contribution < -0.4 is 0 Å². The van der Waals surface area contributed by atoms with Crippen molar-refractivity contribution in [3.05, 3.63) is 35.9 Å². The third kappa shape index (κ3) is 6.85. The Morgan fingerprint density at radius 1 is 1.18 bits per heavy atom. The highest BCUT2D eigenvalue weighted by atomic mass is 16.6. The molecule has 1 unspecified atom stereocenters. The lowest BCUT2D eigenvalue weighted by Gasteiger charge is -2.20. The topological polar surface area (TPSA) is 52.6 Å². The van der Waals surface area contributed by atoms with Crippen LogP contribution in [0.25, 0.3) is 0 Å². The number of esters is 1. The summed E-state index contributed by atoms with van der Waals surface area (Å²) in [5.41, 5.74) is 1.07. The van der Waals surface area contributed by atoms with Crippen molar-refractivity contribution in [2.45, 2.75) is 52.2 Å². The van der Waals surface area contributed by atoms with E-state index in [0.29, 0.717) is 26.1 Å². The molecule has 0 spiro atoms. The van der Waals surface area contributed by atoms with Gasteiger partial charge in [-0.3, -0.25) is 4.79 Å². The van der Waals surface area contributed by atoms with E-state index in [1.807, 2.05) is 44.2 Å². The lowest BCUT2D eigenvalue weighted by Crippen LogP contribution is -2.27.